The first-order valence-electron chi connectivity index (χ1n) is 24.1. The lowest BCUT2D eigenvalue weighted by Gasteiger charge is -2.29. The summed E-state index contributed by atoms with van der Waals surface area (Å²) in [6.45, 7) is 3.20. The molecule has 77 heavy (non-hydrogen) atoms. The zero-order valence-corrected chi connectivity index (χ0v) is 43.0. The van der Waals surface area contributed by atoms with Crippen LogP contribution in [0.25, 0.3) is 10.9 Å². The number of rotatable bonds is 16. The van der Waals surface area contributed by atoms with Gasteiger partial charge in [-0.25, -0.2) is 4.79 Å². The third-order valence-corrected chi connectivity index (χ3v) is 14.1. The zero-order chi connectivity index (χ0) is 56.8. The van der Waals surface area contributed by atoms with Crippen LogP contribution in [0.1, 0.15) is 52.5 Å². The molecule has 1 aromatic heterocycles. The highest BCUT2D eigenvalue weighted by atomic mass is 32.2. The first-order chi connectivity index (χ1) is 36.4. The number of hydrogen-bond donors (Lipinski definition) is 12. The summed E-state index contributed by atoms with van der Waals surface area (Å²) < 4.78 is 25.5. The minimum Gasteiger partial charge on any atom is -0.395 e. The van der Waals surface area contributed by atoms with E-state index < -0.39 is 168 Å². The van der Waals surface area contributed by atoms with Crippen LogP contribution in [0.2, 0.25) is 0 Å². The molecule has 29 nitrogen and oxygen atoms in total. The average Bonchev–Trinajstić information content (AvgIpc) is 4.01. The van der Waals surface area contributed by atoms with Crippen molar-refractivity contribution in [2.75, 3.05) is 38.5 Å². The van der Waals surface area contributed by atoms with Gasteiger partial charge in [0.25, 0.3) is 5.69 Å². The quantitative estimate of drug-likeness (QED) is 0.0287. The lowest BCUT2D eigenvalue weighted by Crippen LogP contribution is -2.59. The van der Waals surface area contributed by atoms with Crippen molar-refractivity contribution in [1.29, 1.82) is 0 Å². The number of aliphatic hydroxyl groups is 3. The van der Waals surface area contributed by atoms with Gasteiger partial charge in [0.15, 0.2) is 0 Å². The first kappa shape index (κ1) is 59.8. The second kappa shape index (κ2) is 27.1. The standard InChI is InChI=1S/C47H61N11O18S/c1-5-22(2)39-43(68)50-17-37(64)52-34(42(67)54-33(16-36(48)63)46(70)57-13-12-26(61)19-57)21-77(74)45-30(29-11-10-28(14-31(29)55-45)76-47(71)75-27-8-6-25(7-9-27)58(72)73)15-32(41(66)49-18-38(65)56-39)53-44(69)40(51-24(4)60)23(3)35(62)20-59/h6-11,14,22-23,26,32-35,39-40,55,59,61-62H,5,12-13,15-21H2,1-4H3,(H2,48,63)(H,49,66)(H,50,68)(H,51,60)(H,52,64)(H,53,69)(H,54,67)(H,56,65)/t22-,23-,26+,32+,33-,34-,35-,39-,40-,77?/m0/s1. The molecule has 0 spiro atoms. The van der Waals surface area contributed by atoms with Crippen LogP contribution in [-0.2, 0) is 60.4 Å². The molecule has 2 aliphatic heterocycles. The van der Waals surface area contributed by atoms with Gasteiger partial charge in [-0.05, 0) is 42.2 Å². The number of likely N-dealkylation sites (tertiary alicyclic amines) is 1. The molecule has 3 heterocycles. The Labute approximate surface area is 441 Å². The third-order valence-electron chi connectivity index (χ3n) is 12.6. The summed E-state index contributed by atoms with van der Waals surface area (Å²) in [5, 5.41) is 58.3. The van der Waals surface area contributed by atoms with Gasteiger partial charge in [-0.1, -0.05) is 27.2 Å². The number of nitrogens with two attached hydrogens (primary N) is 1. The highest BCUT2D eigenvalue weighted by Gasteiger charge is 2.38. The maximum absolute atomic E-state index is 15.0. The minimum absolute atomic E-state index is 0.0271. The van der Waals surface area contributed by atoms with E-state index in [2.05, 4.69) is 42.2 Å². The molecule has 9 amide bonds. The van der Waals surface area contributed by atoms with Gasteiger partial charge in [0.2, 0.25) is 53.2 Å². The molecule has 2 aliphatic rings. The number of aromatic nitrogens is 1. The molecular formula is C47H61N11O18S. The fraction of sp³-hybridized carbons (Fsp3) is 0.489. The molecule has 1 saturated heterocycles. The van der Waals surface area contributed by atoms with Crippen molar-refractivity contribution in [1.82, 2.24) is 47.1 Å². The monoisotopic (exact) mass is 1100 g/mol. The lowest BCUT2D eigenvalue weighted by atomic mass is 9.94. The number of carbonyl (C=O) groups excluding carboxylic acids is 10. The van der Waals surface area contributed by atoms with Gasteiger partial charge in [-0.15, -0.1) is 0 Å². The Morgan fingerprint density at radius 3 is 2.18 bits per heavy atom. The fourth-order valence-corrected chi connectivity index (χ4v) is 9.63. The summed E-state index contributed by atoms with van der Waals surface area (Å²) in [6, 6.07) is 0.0688. The molecule has 30 heteroatoms. The number of aromatic amines is 1. The number of amides is 9. The van der Waals surface area contributed by atoms with Gasteiger partial charge in [0.1, 0.15) is 46.7 Å². The number of β-amino-alcohol motifs (C(OH)–C–C–N with tert-alkyl or cyclic N) is 1. The van der Waals surface area contributed by atoms with Crippen LogP contribution < -0.4 is 52.4 Å². The van der Waals surface area contributed by atoms with Crippen molar-refractivity contribution >= 4 is 86.7 Å². The SMILES string of the molecule is CC[C@H](C)[C@@H]1NC(=O)CNC(=O)[C@H](NC(=O)[C@@H](NC(C)=O)[C@@H](C)[C@@H](O)CO)Cc2c([nH]c3cc(OC(=O)Oc4ccc([N+](=O)[O-])cc4)ccc23)S(=O)C[C@@H](C(=O)N[C@@H](CC(N)=O)C(=O)N2CC[C@@H](O)C2)NC(=O)CNC1=O. The smallest absolute Gasteiger partial charge is 0.395 e. The van der Waals surface area contributed by atoms with Crippen molar-refractivity contribution in [3.8, 4) is 11.5 Å². The molecular weight excluding hydrogens is 1040 g/mol. The second-order valence-corrected chi connectivity index (χ2v) is 19.8. The van der Waals surface area contributed by atoms with E-state index in [4.69, 9.17) is 15.2 Å². The average molecular weight is 1100 g/mol. The molecule has 2 aromatic carbocycles. The third kappa shape index (κ3) is 16.5. The van der Waals surface area contributed by atoms with Crippen molar-refractivity contribution < 1.29 is 81.9 Å². The van der Waals surface area contributed by atoms with Crippen LogP contribution in [0.5, 0.6) is 11.5 Å². The summed E-state index contributed by atoms with van der Waals surface area (Å²) in [5.74, 6) is -11.6. The van der Waals surface area contributed by atoms with E-state index in [-0.39, 0.29) is 58.2 Å². The van der Waals surface area contributed by atoms with Crippen LogP contribution in [0, 0.1) is 22.0 Å². The number of aliphatic hydroxyl groups excluding tert-OH is 3. The minimum atomic E-state index is -2.53. The number of H-pyrrole nitrogens is 1. The Hall–Kier alpha value is -8.09. The van der Waals surface area contributed by atoms with Gasteiger partial charge < -0.3 is 77.6 Å². The summed E-state index contributed by atoms with van der Waals surface area (Å²) in [5.41, 5.74) is 5.16. The van der Waals surface area contributed by atoms with E-state index in [0.717, 1.165) is 31.2 Å². The summed E-state index contributed by atoms with van der Waals surface area (Å²) in [7, 11) is -2.53. The number of primary amides is 1. The van der Waals surface area contributed by atoms with Crippen molar-refractivity contribution in [2.45, 2.75) is 101 Å². The van der Waals surface area contributed by atoms with E-state index in [1.165, 1.54) is 30.0 Å². The van der Waals surface area contributed by atoms with Crippen LogP contribution in [0.15, 0.2) is 47.5 Å². The zero-order valence-electron chi connectivity index (χ0n) is 42.2. The normalized spacial score (nSPS) is 21.6. The molecule has 3 aromatic rings. The van der Waals surface area contributed by atoms with E-state index in [0.29, 0.717) is 6.42 Å². The van der Waals surface area contributed by atoms with Crippen LogP contribution in [0.4, 0.5) is 10.5 Å². The van der Waals surface area contributed by atoms with E-state index in [1.54, 1.807) is 13.8 Å². The predicted molar refractivity (Wildman–Crippen MR) is 267 cm³/mol. The number of nitrogens with one attached hydrogen (secondary N) is 8. The number of benzene rings is 2. The van der Waals surface area contributed by atoms with Crippen molar-refractivity contribution in [3.05, 3.63) is 58.1 Å². The summed E-state index contributed by atoms with van der Waals surface area (Å²) in [4.78, 5) is 149. The van der Waals surface area contributed by atoms with Gasteiger partial charge in [0, 0.05) is 55.9 Å². The molecule has 13 N–H and O–H groups in total. The van der Waals surface area contributed by atoms with Crippen molar-refractivity contribution in [3.63, 3.8) is 0 Å². The highest BCUT2D eigenvalue weighted by molar-refractivity contribution is 7.85. The highest BCUT2D eigenvalue weighted by Crippen LogP contribution is 2.31. The topological polar surface area (TPSA) is 439 Å². The van der Waals surface area contributed by atoms with E-state index in [9.17, 15) is 77.6 Å². The number of non-ortho nitro benzene ring substituents is 1. The molecule has 0 saturated carbocycles. The number of nitrogens with zero attached hydrogens (tertiary/aromatic N) is 2. The molecule has 5 rings (SSSR count). The van der Waals surface area contributed by atoms with E-state index >= 15 is 0 Å². The predicted octanol–water partition coefficient (Wildman–Crippen LogP) is -3.50. The maximum Gasteiger partial charge on any atom is 0.519 e. The molecule has 418 valence electrons. The van der Waals surface area contributed by atoms with Crippen LogP contribution in [0.3, 0.4) is 0 Å². The molecule has 0 radical (unpaired) electrons. The Balaban J connectivity index is 1.64. The van der Waals surface area contributed by atoms with Crippen LogP contribution in [-0.4, -0.2) is 175 Å². The van der Waals surface area contributed by atoms with Crippen molar-refractivity contribution in [2.24, 2.45) is 17.6 Å². The Morgan fingerprint density at radius 1 is 0.948 bits per heavy atom. The number of hydrogen-bond acceptors (Lipinski definition) is 18. The molecule has 10 atom stereocenters. The largest absolute Gasteiger partial charge is 0.519 e. The fourth-order valence-electron chi connectivity index (χ4n) is 8.23. The Kier molecular flexibility index (Phi) is 21.0. The van der Waals surface area contributed by atoms with E-state index in [1.807, 2.05) is 0 Å². The van der Waals surface area contributed by atoms with Gasteiger partial charge in [-0.3, -0.25) is 57.5 Å². The first-order valence-corrected chi connectivity index (χ1v) is 25.4. The number of nitro groups is 1. The van der Waals surface area contributed by atoms with Gasteiger partial charge in [0.05, 0.1) is 65.3 Å². The Bertz CT molecular complexity index is 2770. The molecule has 0 aliphatic carbocycles. The van der Waals surface area contributed by atoms with Crippen LogP contribution >= 0.6 is 0 Å². The molecule has 0 bridgehead atoms. The maximum atomic E-state index is 15.0. The summed E-state index contributed by atoms with van der Waals surface area (Å²) >= 11 is 0. The number of carbonyl (C=O) groups is 10. The van der Waals surface area contributed by atoms with Gasteiger partial charge in [-0.2, -0.15) is 0 Å². The molecule has 1 fully saturated rings. The van der Waals surface area contributed by atoms with Gasteiger partial charge >= 0.3 is 6.16 Å². The second-order valence-electron chi connectivity index (χ2n) is 18.4. The summed E-state index contributed by atoms with van der Waals surface area (Å²) in [6.07, 6.45) is -4.63. The molecule has 1 unspecified atom stereocenters. The number of ether oxygens (including phenoxy) is 2. The lowest BCUT2D eigenvalue weighted by molar-refractivity contribution is -0.384. The Morgan fingerprint density at radius 2 is 1.58 bits per heavy atom. The number of nitro benzene ring substituents is 1. The number of fused-ring (bicyclic) bond motifs is 3.